The zero-order chi connectivity index (χ0) is 19.9. The normalized spacial score (nSPS) is 12.2. The third kappa shape index (κ3) is 6.51. The van der Waals surface area contributed by atoms with Crippen molar-refractivity contribution in [1.82, 2.24) is 5.32 Å². The number of nitrogens with one attached hydrogen (secondary N) is 1. The van der Waals surface area contributed by atoms with E-state index in [4.69, 9.17) is 14.2 Å². The first-order chi connectivity index (χ1) is 12.8. The fourth-order valence-corrected chi connectivity index (χ4v) is 2.61. The second-order valence-corrected chi connectivity index (χ2v) is 7.49. The highest BCUT2D eigenvalue weighted by atomic mass is 16.5. The van der Waals surface area contributed by atoms with Crippen LogP contribution in [0.25, 0.3) is 0 Å². The summed E-state index contributed by atoms with van der Waals surface area (Å²) in [6.45, 7) is 8.59. The van der Waals surface area contributed by atoms with E-state index in [1.807, 2.05) is 55.5 Å². The van der Waals surface area contributed by atoms with Crippen molar-refractivity contribution in [3.63, 3.8) is 0 Å². The highest BCUT2D eigenvalue weighted by Gasteiger charge is 2.19. The average molecular weight is 371 g/mol. The molecular formula is C22H29NO4. The van der Waals surface area contributed by atoms with Crippen LogP contribution in [0.3, 0.4) is 0 Å². The third-order valence-corrected chi connectivity index (χ3v) is 4.02. The van der Waals surface area contributed by atoms with Gasteiger partial charge in [0.05, 0.1) is 13.2 Å². The SMILES string of the molecule is COc1ccc(OCC(C)NC(=O)COc2ccccc2C(C)(C)C)cc1. The molecule has 5 heteroatoms. The maximum atomic E-state index is 12.2. The number of amides is 1. The number of methoxy groups -OCH3 is 1. The van der Waals surface area contributed by atoms with E-state index in [1.54, 1.807) is 7.11 Å². The molecule has 146 valence electrons. The number of hydrogen-bond donors (Lipinski definition) is 1. The van der Waals surface area contributed by atoms with Crippen LogP contribution in [0.4, 0.5) is 0 Å². The van der Waals surface area contributed by atoms with Gasteiger partial charge in [0.2, 0.25) is 0 Å². The van der Waals surface area contributed by atoms with E-state index in [0.717, 1.165) is 22.8 Å². The standard InChI is InChI=1S/C22H29NO4/c1-16(14-26-18-12-10-17(25-5)11-13-18)23-21(24)15-27-20-9-7-6-8-19(20)22(2,3)4/h6-13,16H,14-15H2,1-5H3,(H,23,24). The molecule has 0 heterocycles. The largest absolute Gasteiger partial charge is 0.497 e. The minimum atomic E-state index is -0.176. The van der Waals surface area contributed by atoms with E-state index in [9.17, 15) is 4.79 Å². The van der Waals surface area contributed by atoms with E-state index in [-0.39, 0.29) is 24.0 Å². The van der Waals surface area contributed by atoms with Gasteiger partial charge in [0.1, 0.15) is 23.9 Å². The summed E-state index contributed by atoms with van der Waals surface area (Å²) in [5.74, 6) is 2.07. The molecule has 0 bridgehead atoms. The second kappa shape index (κ2) is 9.31. The van der Waals surface area contributed by atoms with Gasteiger partial charge in [0.25, 0.3) is 5.91 Å². The molecule has 0 aliphatic carbocycles. The van der Waals surface area contributed by atoms with Gasteiger partial charge in [-0.15, -0.1) is 0 Å². The highest BCUT2D eigenvalue weighted by molar-refractivity contribution is 5.77. The lowest BCUT2D eigenvalue weighted by atomic mass is 9.86. The van der Waals surface area contributed by atoms with Crippen molar-refractivity contribution in [3.05, 3.63) is 54.1 Å². The van der Waals surface area contributed by atoms with Gasteiger partial charge in [0, 0.05) is 0 Å². The maximum Gasteiger partial charge on any atom is 0.258 e. The number of para-hydroxylation sites is 1. The number of hydrogen-bond acceptors (Lipinski definition) is 4. The molecule has 0 saturated carbocycles. The van der Waals surface area contributed by atoms with Crippen molar-refractivity contribution in [1.29, 1.82) is 0 Å². The van der Waals surface area contributed by atoms with E-state index in [1.165, 1.54) is 0 Å². The van der Waals surface area contributed by atoms with Gasteiger partial charge in [-0.1, -0.05) is 39.0 Å². The summed E-state index contributed by atoms with van der Waals surface area (Å²) in [5, 5.41) is 2.89. The van der Waals surface area contributed by atoms with Crippen molar-refractivity contribution in [2.24, 2.45) is 0 Å². The second-order valence-electron chi connectivity index (χ2n) is 7.49. The Balaban J connectivity index is 1.80. The molecule has 27 heavy (non-hydrogen) atoms. The van der Waals surface area contributed by atoms with Crippen molar-refractivity contribution >= 4 is 5.91 Å². The summed E-state index contributed by atoms with van der Waals surface area (Å²) >= 11 is 0. The number of ether oxygens (including phenoxy) is 3. The Morgan fingerprint density at radius 3 is 2.26 bits per heavy atom. The zero-order valence-electron chi connectivity index (χ0n) is 16.7. The van der Waals surface area contributed by atoms with E-state index in [2.05, 4.69) is 26.1 Å². The topological polar surface area (TPSA) is 56.8 Å². The first-order valence-corrected chi connectivity index (χ1v) is 9.08. The quantitative estimate of drug-likeness (QED) is 0.763. The summed E-state index contributed by atoms with van der Waals surface area (Å²) < 4.78 is 16.5. The molecule has 1 atom stereocenters. The van der Waals surface area contributed by atoms with Gasteiger partial charge in [-0.05, 0) is 48.2 Å². The van der Waals surface area contributed by atoms with E-state index < -0.39 is 0 Å². The smallest absolute Gasteiger partial charge is 0.258 e. The fraction of sp³-hybridized carbons (Fsp3) is 0.409. The Hall–Kier alpha value is -2.69. The summed E-state index contributed by atoms with van der Waals surface area (Å²) in [6, 6.07) is 15.0. The average Bonchev–Trinajstić information content (AvgIpc) is 2.64. The van der Waals surface area contributed by atoms with Crippen molar-refractivity contribution < 1.29 is 19.0 Å². The summed E-state index contributed by atoms with van der Waals surface area (Å²) in [4.78, 5) is 12.2. The molecule has 0 aromatic heterocycles. The van der Waals surface area contributed by atoms with Crippen LogP contribution in [0.15, 0.2) is 48.5 Å². The molecule has 5 nitrogen and oxygen atoms in total. The van der Waals surface area contributed by atoms with E-state index >= 15 is 0 Å². The Kier molecular flexibility index (Phi) is 7.11. The molecule has 1 unspecified atom stereocenters. The first kappa shape index (κ1) is 20.6. The molecule has 0 aliphatic rings. The fourth-order valence-electron chi connectivity index (χ4n) is 2.61. The van der Waals surface area contributed by atoms with Crippen LogP contribution in [0.1, 0.15) is 33.3 Å². The maximum absolute atomic E-state index is 12.2. The van der Waals surface area contributed by atoms with Crippen molar-refractivity contribution in [2.75, 3.05) is 20.3 Å². The van der Waals surface area contributed by atoms with Crippen LogP contribution in [0, 0.1) is 0 Å². The van der Waals surface area contributed by atoms with Crippen LogP contribution in [-0.2, 0) is 10.2 Å². The number of carbonyl (C=O) groups is 1. The van der Waals surface area contributed by atoms with Gasteiger partial charge in [0.15, 0.2) is 6.61 Å². The lowest BCUT2D eigenvalue weighted by molar-refractivity contribution is -0.123. The van der Waals surface area contributed by atoms with Crippen molar-refractivity contribution in [2.45, 2.75) is 39.2 Å². The summed E-state index contributed by atoms with van der Waals surface area (Å²) in [5.41, 5.74) is 1.03. The molecule has 1 N–H and O–H groups in total. The molecular weight excluding hydrogens is 342 g/mol. The molecule has 0 radical (unpaired) electrons. The first-order valence-electron chi connectivity index (χ1n) is 9.08. The Bertz CT molecular complexity index is 735. The van der Waals surface area contributed by atoms with Gasteiger partial charge < -0.3 is 19.5 Å². The van der Waals surface area contributed by atoms with Gasteiger partial charge in [-0.3, -0.25) is 4.79 Å². The van der Waals surface area contributed by atoms with Gasteiger partial charge in [-0.25, -0.2) is 0 Å². The van der Waals surface area contributed by atoms with Crippen LogP contribution in [0.2, 0.25) is 0 Å². The summed E-state index contributed by atoms with van der Waals surface area (Å²) in [6.07, 6.45) is 0. The lowest BCUT2D eigenvalue weighted by Crippen LogP contribution is -2.39. The lowest BCUT2D eigenvalue weighted by Gasteiger charge is -2.22. The molecule has 2 aromatic carbocycles. The van der Waals surface area contributed by atoms with Crippen LogP contribution < -0.4 is 19.5 Å². The molecule has 0 saturated heterocycles. The van der Waals surface area contributed by atoms with Gasteiger partial charge >= 0.3 is 0 Å². The van der Waals surface area contributed by atoms with Crippen LogP contribution in [-0.4, -0.2) is 32.3 Å². The predicted molar refractivity (Wildman–Crippen MR) is 107 cm³/mol. The molecule has 2 rings (SSSR count). The van der Waals surface area contributed by atoms with Crippen LogP contribution >= 0.6 is 0 Å². The summed E-state index contributed by atoms with van der Waals surface area (Å²) in [7, 11) is 1.62. The third-order valence-electron chi connectivity index (χ3n) is 4.02. The predicted octanol–water partition coefficient (Wildman–Crippen LogP) is 3.96. The molecule has 1 amide bonds. The minimum Gasteiger partial charge on any atom is -0.497 e. The van der Waals surface area contributed by atoms with Gasteiger partial charge in [-0.2, -0.15) is 0 Å². The zero-order valence-corrected chi connectivity index (χ0v) is 16.7. The molecule has 2 aromatic rings. The van der Waals surface area contributed by atoms with E-state index in [0.29, 0.717) is 6.61 Å². The Morgan fingerprint density at radius 1 is 1.00 bits per heavy atom. The minimum absolute atomic E-state index is 0.0278. The Morgan fingerprint density at radius 2 is 1.63 bits per heavy atom. The number of carbonyl (C=O) groups excluding carboxylic acids is 1. The molecule has 0 fully saturated rings. The number of rotatable bonds is 8. The molecule has 0 aliphatic heterocycles. The number of benzene rings is 2. The van der Waals surface area contributed by atoms with Crippen LogP contribution in [0.5, 0.6) is 17.2 Å². The highest BCUT2D eigenvalue weighted by Crippen LogP contribution is 2.30. The van der Waals surface area contributed by atoms with Crippen molar-refractivity contribution in [3.8, 4) is 17.2 Å². The molecule has 0 spiro atoms. The monoisotopic (exact) mass is 371 g/mol. The Labute approximate surface area is 161 Å².